The van der Waals surface area contributed by atoms with Crippen molar-refractivity contribution in [2.45, 2.75) is 19.3 Å². The van der Waals surface area contributed by atoms with E-state index in [1.54, 1.807) is 4.90 Å². The number of nitrogens with two attached hydrogens (primary N) is 1. The van der Waals surface area contributed by atoms with Gasteiger partial charge in [0.25, 0.3) is 0 Å². The van der Waals surface area contributed by atoms with E-state index in [0.29, 0.717) is 25.4 Å². The number of hydrogen-bond donors (Lipinski definition) is 1. The van der Waals surface area contributed by atoms with Crippen LogP contribution in [0.4, 0.5) is 5.69 Å². The molecule has 2 heterocycles. The molecular weight excluding hydrogens is 350 g/mol. The molecule has 2 aliphatic heterocycles. The van der Waals surface area contributed by atoms with E-state index in [1.165, 1.54) is 22.3 Å². The van der Waals surface area contributed by atoms with Gasteiger partial charge < -0.3 is 15.5 Å². The second-order valence-electron chi connectivity index (χ2n) is 8.26. The fourth-order valence-corrected chi connectivity index (χ4v) is 4.91. The predicted molar refractivity (Wildman–Crippen MR) is 109 cm³/mol. The van der Waals surface area contributed by atoms with Gasteiger partial charge in [-0.25, -0.2) is 0 Å². The molecule has 5 nitrogen and oxygen atoms in total. The normalized spacial score (nSPS) is 23.2. The molecular formula is C23H25N3O2. The highest BCUT2D eigenvalue weighted by atomic mass is 16.2. The summed E-state index contributed by atoms with van der Waals surface area (Å²) >= 11 is 0. The summed E-state index contributed by atoms with van der Waals surface area (Å²) in [5.74, 6) is 0.314. The van der Waals surface area contributed by atoms with Crippen molar-refractivity contribution in [1.29, 1.82) is 0 Å². The van der Waals surface area contributed by atoms with Crippen molar-refractivity contribution in [3.63, 3.8) is 0 Å². The third-order valence-corrected chi connectivity index (χ3v) is 6.49. The summed E-state index contributed by atoms with van der Waals surface area (Å²) < 4.78 is 0. The second-order valence-corrected chi connectivity index (χ2v) is 8.26. The molecule has 144 valence electrons. The van der Waals surface area contributed by atoms with Gasteiger partial charge in [-0.05, 0) is 59.7 Å². The number of likely N-dealkylation sites (tertiary alicyclic amines) is 1. The van der Waals surface area contributed by atoms with Crippen LogP contribution in [-0.2, 0) is 16.0 Å². The van der Waals surface area contributed by atoms with Gasteiger partial charge in [-0.1, -0.05) is 30.3 Å². The van der Waals surface area contributed by atoms with Crippen LogP contribution in [0.3, 0.4) is 0 Å². The van der Waals surface area contributed by atoms with E-state index in [2.05, 4.69) is 36.4 Å². The fourth-order valence-electron chi connectivity index (χ4n) is 4.91. The molecule has 0 aromatic heterocycles. The van der Waals surface area contributed by atoms with E-state index in [-0.39, 0.29) is 17.7 Å². The van der Waals surface area contributed by atoms with Crippen LogP contribution in [0.25, 0.3) is 11.1 Å². The van der Waals surface area contributed by atoms with E-state index in [4.69, 9.17) is 5.73 Å². The minimum absolute atomic E-state index is 0.0448. The summed E-state index contributed by atoms with van der Waals surface area (Å²) in [5.41, 5.74) is 11.8. The Kier molecular flexibility index (Phi) is 4.20. The van der Waals surface area contributed by atoms with Gasteiger partial charge in [-0.2, -0.15) is 0 Å². The van der Waals surface area contributed by atoms with Crippen LogP contribution in [0.5, 0.6) is 0 Å². The maximum atomic E-state index is 12.9. The maximum Gasteiger partial charge on any atom is 0.228 e. The number of anilines is 1. The molecule has 2 atom stereocenters. The van der Waals surface area contributed by atoms with E-state index < -0.39 is 0 Å². The number of amides is 2. The van der Waals surface area contributed by atoms with E-state index in [9.17, 15) is 9.59 Å². The van der Waals surface area contributed by atoms with Crippen molar-refractivity contribution < 1.29 is 9.59 Å². The van der Waals surface area contributed by atoms with Gasteiger partial charge in [-0.3, -0.25) is 9.59 Å². The van der Waals surface area contributed by atoms with E-state index in [1.807, 2.05) is 11.0 Å². The van der Waals surface area contributed by atoms with Gasteiger partial charge in [-0.15, -0.1) is 0 Å². The summed E-state index contributed by atoms with van der Waals surface area (Å²) in [7, 11) is 0. The lowest BCUT2D eigenvalue weighted by Crippen LogP contribution is -2.36. The van der Waals surface area contributed by atoms with Crippen molar-refractivity contribution in [1.82, 2.24) is 4.90 Å². The molecule has 2 saturated heterocycles. The Labute approximate surface area is 165 Å². The minimum Gasteiger partial charge on any atom is -0.342 e. The van der Waals surface area contributed by atoms with Gasteiger partial charge in [0.15, 0.2) is 0 Å². The topological polar surface area (TPSA) is 66.6 Å². The molecule has 5 rings (SSSR count). The van der Waals surface area contributed by atoms with Crippen molar-refractivity contribution in [3.8, 4) is 11.1 Å². The zero-order valence-electron chi connectivity index (χ0n) is 15.9. The Morgan fingerprint density at radius 3 is 2.71 bits per heavy atom. The van der Waals surface area contributed by atoms with Crippen molar-refractivity contribution >= 4 is 17.5 Å². The van der Waals surface area contributed by atoms with E-state index >= 15 is 0 Å². The Morgan fingerprint density at radius 1 is 1.07 bits per heavy atom. The number of carbonyl (C=O) groups is 2. The highest BCUT2D eigenvalue weighted by molar-refractivity contribution is 6.00. The summed E-state index contributed by atoms with van der Waals surface area (Å²) in [6.07, 6.45) is 2.18. The largest absolute Gasteiger partial charge is 0.342 e. The monoisotopic (exact) mass is 375 g/mol. The van der Waals surface area contributed by atoms with Gasteiger partial charge in [0.1, 0.15) is 0 Å². The average Bonchev–Trinajstić information content (AvgIpc) is 3.43. The number of rotatable bonds is 3. The lowest BCUT2D eigenvalue weighted by Gasteiger charge is -2.21. The van der Waals surface area contributed by atoms with Crippen molar-refractivity contribution in [3.05, 3.63) is 53.6 Å². The summed E-state index contributed by atoms with van der Waals surface area (Å²) in [4.78, 5) is 29.2. The molecule has 2 N–H and O–H groups in total. The van der Waals surface area contributed by atoms with Crippen LogP contribution < -0.4 is 10.6 Å². The number of hydrogen-bond acceptors (Lipinski definition) is 3. The molecule has 5 heteroatoms. The van der Waals surface area contributed by atoms with E-state index in [0.717, 1.165) is 31.6 Å². The Hall–Kier alpha value is -2.66. The molecule has 0 radical (unpaired) electrons. The maximum absolute atomic E-state index is 12.9. The molecule has 0 bridgehead atoms. The first-order valence-electron chi connectivity index (χ1n) is 10.1. The SMILES string of the molecule is NCC1CCN(C(=O)C2CC(=O)N(c3ccc4c(c3)Cc3ccccc3-4)C2)C1. The molecule has 2 unspecified atom stereocenters. The van der Waals surface area contributed by atoms with Crippen molar-refractivity contribution in [2.24, 2.45) is 17.6 Å². The smallest absolute Gasteiger partial charge is 0.228 e. The van der Waals surface area contributed by atoms with Crippen LogP contribution in [0.2, 0.25) is 0 Å². The Morgan fingerprint density at radius 2 is 1.89 bits per heavy atom. The predicted octanol–water partition coefficient (Wildman–Crippen LogP) is 2.42. The van der Waals surface area contributed by atoms with Gasteiger partial charge in [0, 0.05) is 31.7 Å². The minimum atomic E-state index is -0.241. The third-order valence-electron chi connectivity index (χ3n) is 6.49. The van der Waals surface area contributed by atoms with Crippen LogP contribution in [0, 0.1) is 11.8 Å². The summed E-state index contributed by atoms with van der Waals surface area (Å²) in [6, 6.07) is 14.7. The lowest BCUT2D eigenvalue weighted by molar-refractivity contribution is -0.134. The number of benzene rings is 2. The molecule has 0 spiro atoms. The fraction of sp³-hybridized carbons (Fsp3) is 0.391. The molecule has 28 heavy (non-hydrogen) atoms. The van der Waals surface area contributed by atoms with Crippen LogP contribution in [0.15, 0.2) is 42.5 Å². The first-order chi connectivity index (χ1) is 13.6. The molecule has 2 aromatic carbocycles. The van der Waals surface area contributed by atoms with Crippen molar-refractivity contribution in [2.75, 3.05) is 31.1 Å². The number of fused-ring (bicyclic) bond motifs is 3. The zero-order chi connectivity index (χ0) is 19.3. The lowest BCUT2D eigenvalue weighted by atomic mass is 10.1. The third kappa shape index (κ3) is 2.81. The van der Waals surface area contributed by atoms with Crippen LogP contribution in [-0.4, -0.2) is 42.9 Å². The number of nitrogens with zero attached hydrogens (tertiary/aromatic N) is 2. The molecule has 2 amide bonds. The quantitative estimate of drug-likeness (QED) is 0.765. The first-order valence-corrected chi connectivity index (χ1v) is 10.1. The van der Waals surface area contributed by atoms with Gasteiger partial charge in [0.2, 0.25) is 11.8 Å². The van der Waals surface area contributed by atoms with Crippen LogP contribution >= 0.6 is 0 Å². The summed E-state index contributed by atoms with van der Waals surface area (Å²) in [6.45, 7) is 2.60. The Balaban J connectivity index is 1.33. The second kappa shape index (κ2) is 6.74. The molecule has 0 saturated carbocycles. The highest BCUT2D eigenvalue weighted by Crippen LogP contribution is 2.39. The van der Waals surface area contributed by atoms with Gasteiger partial charge in [0.05, 0.1) is 5.92 Å². The molecule has 3 aliphatic rings. The van der Waals surface area contributed by atoms with Gasteiger partial charge >= 0.3 is 0 Å². The summed E-state index contributed by atoms with van der Waals surface area (Å²) in [5, 5.41) is 0. The molecule has 2 aromatic rings. The first kappa shape index (κ1) is 17.4. The zero-order valence-corrected chi connectivity index (χ0v) is 15.9. The average molecular weight is 375 g/mol. The van der Waals surface area contributed by atoms with Crippen LogP contribution in [0.1, 0.15) is 24.0 Å². The molecule has 2 fully saturated rings. The highest BCUT2D eigenvalue weighted by Gasteiger charge is 2.39. The number of carbonyl (C=O) groups excluding carboxylic acids is 2. The standard InChI is InChI=1S/C23H25N3O2/c24-12-15-7-8-25(13-15)23(28)18-11-22(27)26(14-18)19-5-6-21-17(10-19)9-16-3-1-2-4-20(16)21/h1-6,10,15,18H,7-9,11-14,24H2. The Bertz CT molecular complexity index is 955. The molecule has 1 aliphatic carbocycles.